The Labute approximate surface area is 119 Å². The summed E-state index contributed by atoms with van der Waals surface area (Å²) in [7, 11) is 3.44. The first-order valence-corrected chi connectivity index (χ1v) is 6.56. The highest BCUT2D eigenvalue weighted by atomic mass is 79.9. The minimum atomic E-state index is -0.350. The van der Waals surface area contributed by atoms with Gasteiger partial charge in [0, 0.05) is 10.7 Å². The predicted octanol–water partition coefficient (Wildman–Crippen LogP) is 3.30. The summed E-state index contributed by atoms with van der Waals surface area (Å²) in [5.74, 6) is 0.402. The van der Waals surface area contributed by atoms with Crippen LogP contribution >= 0.6 is 15.9 Å². The molecule has 2 aromatic rings. The van der Waals surface area contributed by atoms with Gasteiger partial charge in [0.2, 0.25) is 0 Å². The highest BCUT2D eigenvalue weighted by Crippen LogP contribution is 2.31. The molecule has 0 amide bonds. The van der Waals surface area contributed by atoms with Crippen LogP contribution in [0.25, 0.3) is 0 Å². The number of methoxy groups -OCH3 is 1. The molecule has 0 fully saturated rings. The van der Waals surface area contributed by atoms with Crippen molar-refractivity contribution in [1.29, 1.82) is 0 Å². The van der Waals surface area contributed by atoms with Gasteiger partial charge in [0.15, 0.2) is 0 Å². The van der Waals surface area contributed by atoms with Crippen LogP contribution in [0.1, 0.15) is 17.2 Å². The zero-order valence-electron chi connectivity index (χ0n) is 10.7. The highest BCUT2D eigenvalue weighted by molar-refractivity contribution is 9.10. The number of hydrogen-bond acceptors (Lipinski definition) is 3. The van der Waals surface area contributed by atoms with Crippen molar-refractivity contribution in [2.24, 2.45) is 0 Å². The molecule has 2 rings (SSSR count). The number of nitrogens with one attached hydrogen (secondary N) is 1. The van der Waals surface area contributed by atoms with E-state index in [-0.39, 0.29) is 11.9 Å². The monoisotopic (exact) mass is 324 g/mol. The Morgan fingerprint density at radius 2 is 2.11 bits per heavy atom. The van der Waals surface area contributed by atoms with Crippen molar-refractivity contribution in [2.75, 3.05) is 14.2 Å². The molecule has 0 aliphatic rings. The summed E-state index contributed by atoms with van der Waals surface area (Å²) in [4.78, 5) is 3.89. The van der Waals surface area contributed by atoms with Gasteiger partial charge in [0.25, 0.3) is 0 Å². The molecule has 0 bridgehead atoms. The average molecular weight is 325 g/mol. The van der Waals surface area contributed by atoms with Crippen molar-refractivity contribution >= 4 is 15.9 Å². The number of benzene rings is 1. The van der Waals surface area contributed by atoms with E-state index in [1.54, 1.807) is 13.3 Å². The van der Waals surface area contributed by atoms with Crippen LogP contribution in [0.15, 0.2) is 41.1 Å². The second-order valence-corrected chi connectivity index (χ2v) is 4.90. The van der Waals surface area contributed by atoms with Crippen LogP contribution in [0.3, 0.4) is 0 Å². The number of ether oxygens (including phenoxy) is 1. The third-order valence-corrected chi connectivity index (χ3v) is 3.58. The van der Waals surface area contributed by atoms with Gasteiger partial charge in [-0.3, -0.25) is 4.98 Å². The number of nitrogens with zero attached hydrogens (tertiary/aromatic N) is 1. The molecule has 0 aliphatic heterocycles. The van der Waals surface area contributed by atoms with E-state index in [4.69, 9.17) is 4.74 Å². The van der Waals surface area contributed by atoms with Gasteiger partial charge in [-0.25, -0.2) is 4.39 Å². The zero-order chi connectivity index (χ0) is 13.8. The Balaban J connectivity index is 2.47. The Hall–Kier alpha value is -1.46. The molecule has 0 saturated heterocycles. The minimum absolute atomic E-state index is 0.160. The van der Waals surface area contributed by atoms with Gasteiger partial charge in [-0.15, -0.1) is 0 Å². The van der Waals surface area contributed by atoms with E-state index in [1.165, 1.54) is 12.3 Å². The fourth-order valence-electron chi connectivity index (χ4n) is 1.96. The van der Waals surface area contributed by atoms with Gasteiger partial charge in [0.05, 0.1) is 19.3 Å². The highest BCUT2D eigenvalue weighted by Gasteiger charge is 2.16. The second-order valence-electron chi connectivity index (χ2n) is 4.05. The summed E-state index contributed by atoms with van der Waals surface area (Å²) in [5.41, 5.74) is 1.73. The van der Waals surface area contributed by atoms with Gasteiger partial charge in [-0.1, -0.05) is 15.9 Å². The molecule has 0 aliphatic carbocycles. The molecule has 1 unspecified atom stereocenters. The molecular formula is C14H14BrFN2O. The third kappa shape index (κ3) is 3.11. The normalized spacial score (nSPS) is 12.2. The minimum Gasteiger partial charge on any atom is -0.497 e. The van der Waals surface area contributed by atoms with Gasteiger partial charge < -0.3 is 10.1 Å². The van der Waals surface area contributed by atoms with E-state index >= 15 is 0 Å². The van der Waals surface area contributed by atoms with Gasteiger partial charge in [-0.05, 0) is 42.4 Å². The van der Waals surface area contributed by atoms with Crippen molar-refractivity contribution in [3.8, 4) is 5.75 Å². The third-order valence-electron chi connectivity index (χ3n) is 2.86. The van der Waals surface area contributed by atoms with Gasteiger partial charge in [-0.2, -0.15) is 0 Å². The lowest BCUT2D eigenvalue weighted by Crippen LogP contribution is -2.18. The lowest BCUT2D eigenvalue weighted by molar-refractivity contribution is 0.413. The summed E-state index contributed by atoms with van der Waals surface area (Å²) < 4.78 is 19.5. The van der Waals surface area contributed by atoms with Crippen molar-refractivity contribution in [3.63, 3.8) is 0 Å². The van der Waals surface area contributed by atoms with Crippen LogP contribution in [-0.4, -0.2) is 19.1 Å². The van der Waals surface area contributed by atoms with Gasteiger partial charge in [0.1, 0.15) is 11.6 Å². The molecule has 0 radical (unpaired) electrons. The standard InChI is InChI=1S/C14H14BrFN2O/c1-17-14(9-5-10(16)8-18-7-9)12-6-11(19-2)3-4-13(12)15/h3-8,14,17H,1-2H3. The largest absolute Gasteiger partial charge is 0.497 e. The van der Waals surface area contributed by atoms with E-state index in [1.807, 2.05) is 25.2 Å². The lowest BCUT2D eigenvalue weighted by atomic mass is 10.00. The number of rotatable bonds is 4. The second kappa shape index (κ2) is 6.12. The molecule has 0 saturated carbocycles. The number of aromatic nitrogens is 1. The summed E-state index contributed by atoms with van der Waals surface area (Å²) in [5, 5.41) is 3.16. The predicted molar refractivity (Wildman–Crippen MR) is 75.8 cm³/mol. The van der Waals surface area contributed by atoms with E-state index in [0.29, 0.717) is 0 Å². The molecule has 1 aromatic heterocycles. The summed E-state index contributed by atoms with van der Waals surface area (Å²) >= 11 is 3.51. The summed E-state index contributed by atoms with van der Waals surface area (Å²) in [6, 6.07) is 7.00. The number of halogens is 2. The average Bonchev–Trinajstić information content (AvgIpc) is 2.42. The smallest absolute Gasteiger partial charge is 0.141 e. The molecule has 0 spiro atoms. The fraction of sp³-hybridized carbons (Fsp3) is 0.214. The van der Waals surface area contributed by atoms with E-state index in [9.17, 15) is 4.39 Å². The molecule has 1 N–H and O–H groups in total. The Kier molecular flexibility index (Phi) is 4.50. The number of hydrogen-bond donors (Lipinski definition) is 1. The van der Waals surface area contributed by atoms with Gasteiger partial charge >= 0.3 is 0 Å². The maximum absolute atomic E-state index is 13.3. The first-order valence-electron chi connectivity index (χ1n) is 5.77. The summed E-state index contributed by atoms with van der Waals surface area (Å²) in [6.07, 6.45) is 2.84. The molecule has 1 aromatic carbocycles. The molecule has 3 nitrogen and oxygen atoms in total. The van der Waals surface area contributed by atoms with Crippen molar-refractivity contribution in [2.45, 2.75) is 6.04 Å². The van der Waals surface area contributed by atoms with E-state index in [0.717, 1.165) is 21.3 Å². The first kappa shape index (κ1) is 14.0. The van der Waals surface area contributed by atoms with Crippen molar-refractivity contribution in [1.82, 2.24) is 10.3 Å². The van der Waals surface area contributed by atoms with Crippen LogP contribution in [0.2, 0.25) is 0 Å². The Bertz CT molecular complexity index is 577. The lowest BCUT2D eigenvalue weighted by Gasteiger charge is -2.19. The van der Waals surface area contributed by atoms with Crippen LogP contribution in [0.5, 0.6) is 5.75 Å². The maximum atomic E-state index is 13.3. The molecule has 5 heteroatoms. The fourth-order valence-corrected chi connectivity index (χ4v) is 2.43. The first-order chi connectivity index (χ1) is 9.15. The molecular weight excluding hydrogens is 311 g/mol. The molecule has 19 heavy (non-hydrogen) atoms. The Morgan fingerprint density at radius 3 is 2.74 bits per heavy atom. The quantitative estimate of drug-likeness (QED) is 0.937. The van der Waals surface area contributed by atoms with Crippen LogP contribution in [0.4, 0.5) is 4.39 Å². The molecule has 1 heterocycles. The van der Waals surface area contributed by atoms with Crippen LogP contribution in [0, 0.1) is 5.82 Å². The van der Waals surface area contributed by atoms with E-state index in [2.05, 4.69) is 26.2 Å². The molecule has 1 atom stereocenters. The van der Waals surface area contributed by atoms with Crippen LogP contribution < -0.4 is 10.1 Å². The topological polar surface area (TPSA) is 34.2 Å². The molecule has 100 valence electrons. The van der Waals surface area contributed by atoms with Crippen molar-refractivity contribution < 1.29 is 9.13 Å². The maximum Gasteiger partial charge on any atom is 0.141 e. The zero-order valence-corrected chi connectivity index (χ0v) is 12.2. The van der Waals surface area contributed by atoms with Crippen LogP contribution in [-0.2, 0) is 0 Å². The van der Waals surface area contributed by atoms with E-state index < -0.39 is 0 Å². The SMILES string of the molecule is CNC(c1cncc(F)c1)c1cc(OC)ccc1Br. The number of pyridine rings is 1. The summed E-state index contributed by atoms with van der Waals surface area (Å²) in [6.45, 7) is 0. The Morgan fingerprint density at radius 1 is 1.32 bits per heavy atom. The van der Waals surface area contributed by atoms with Crippen molar-refractivity contribution in [3.05, 3.63) is 58.1 Å².